The monoisotopic (exact) mass is 326 g/mol. The lowest BCUT2D eigenvalue weighted by molar-refractivity contribution is -0.125. The second kappa shape index (κ2) is 8.51. The Morgan fingerprint density at radius 3 is 2.50 bits per heavy atom. The highest BCUT2D eigenvalue weighted by molar-refractivity contribution is 5.85. The van der Waals surface area contributed by atoms with Crippen LogP contribution in [0.25, 0.3) is 0 Å². The maximum Gasteiger partial charge on any atom is 0.237 e. The molecular weight excluding hydrogens is 300 g/mol. The van der Waals surface area contributed by atoms with Crippen LogP contribution in [-0.2, 0) is 9.53 Å². The number of halogens is 1. The lowest BCUT2D eigenvalue weighted by atomic mass is 9.91. The van der Waals surface area contributed by atoms with Crippen LogP contribution >= 0.6 is 12.4 Å². The van der Waals surface area contributed by atoms with Crippen molar-refractivity contribution in [3.05, 3.63) is 34.9 Å². The van der Waals surface area contributed by atoms with Gasteiger partial charge in [-0.3, -0.25) is 4.79 Å². The minimum Gasteiger partial charge on any atom is -0.381 e. The normalized spacial score (nSPS) is 18.2. The summed E-state index contributed by atoms with van der Waals surface area (Å²) in [5, 5.41) is 3.04. The van der Waals surface area contributed by atoms with Crippen molar-refractivity contribution in [3.63, 3.8) is 0 Å². The molecule has 2 atom stereocenters. The van der Waals surface area contributed by atoms with Crippen molar-refractivity contribution in [2.75, 3.05) is 13.2 Å². The number of carbonyl (C=O) groups excluding carboxylic acids is 1. The number of hydrogen-bond donors (Lipinski definition) is 2. The fraction of sp³-hybridized carbons (Fsp3) is 0.588. The van der Waals surface area contributed by atoms with Crippen molar-refractivity contribution in [2.45, 2.75) is 45.7 Å². The zero-order valence-electron chi connectivity index (χ0n) is 13.6. The van der Waals surface area contributed by atoms with Crippen LogP contribution in [0.15, 0.2) is 18.2 Å². The van der Waals surface area contributed by atoms with E-state index in [9.17, 15) is 4.79 Å². The van der Waals surface area contributed by atoms with Crippen LogP contribution < -0.4 is 11.1 Å². The molecule has 0 aromatic heterocycles. The molecule has 1 aliphatic heterocycles. The van der Waals surface area contributed by atoms with Gasteiger partial charge in [-0.2, -0.15) is 0 Å². The molecule has 0 saturated carbocycles. The molecule has 1 aromatic carbocycles. The third-order valence-electron chi connectivity index (χ3n) is 4.47. The maximum absolute atomic E-state index is 12.3. The van der Waals surface area contributed by atoms with E-state index in [1.54, 1.807) is 0 Å². The Morgan fingerprint density at radius 1 is 1.27 bits per heavy atom. The molecule has 0 spiro atoms. The summed E-state index contributed by atoms with van der Waals surface area (Å²) in [6.07, 6.45) is 1.74. The molecule has 5 heteroatoms. The molecule has 0 bridgehead atoms. The molecule has 0 radical (unpaired) electrons. The maximum atomic E-state index is 12.3. The molecule has 124 valence electrons. The predicted molar refractivity (Wildman–Crippen MR) is 91.2 cm³/mol. The summed E-state index contributed by atoms with van der Waals surface area (Å²) >= 11 is 0. The molecule has 0 aliphatic carbocycles. The van der Waals surface area contributed by atoms with Gasteiger partial charge in [0.1, 0.15) is 0 Å². The first-order valence-electron chi connectivity index (χ1n) is 7.70. The van der Waals surface area contributed by atoms with Crippen LogP contribution in [0.5, 0.6) is 0 Å². The number of aryl methyl sites for hydroxylation is 2. The SMILES string of the molecule is Cc1ccc(C(C)NC(=O)C(N)C2CCOCC2)cc1C.Cl. The first-order valence-corrected chi connectivity index (χ1v) is 7.70. The molecule has 1 aliphatic rings. The van der Waals surface area contributed by atoms with Crippen molar-refractivity contribution >= 4 is 18.3 Å². The Hall–Kier alpha value is -1.10. The van der Waals surface area contributed by atoms with Crippen molar-refractivity contribution in [1.82, 2.24) is 5.32 Å². The van der Waals surface area contributed by atoms with Gasteiger partial charge < -0.3 is 15.8 Å². The van der Waals surface area contributed by atoms with Gasteiger partial charge >= 0.3 is 0 Å². The highest BCUT2D eigenvalue weighted by atomic mass is 35.5. The van der Waals surface area contributed by atoms with Crippen LogP contribution in [0.3, 0.4) is 0 Å². The van der Waals surface area contributed by atoms with Gasteiger partial charge in [-0.15, -0.1) is 12.4 Å². The number of carbonyl (C=O) groups is 1. The molecule has 2 unspecified atom stereocenters. The highest BCUT2D eigenvalue weighted by Gasteiger charge is 2.27. The summed E-state index contributed by atoms with van der Waals surface area (Å²) in [5.41, 5.74) is 9.72. The Bertz CT molecular complexity index is 501. The molecule has 22 heavy (non-hydrogen) atoms. The quantitative estimate of drug-likeness (QED) is 0.894. The van der Waals surface area contributed by atoms with Crippen molar-refractivity contribution in [1.29, 1.82) is 0 Å². The molecule has 1 heterocycles. The third kappa shape index (κ3) is 4.70. The van der Waals surface area contributed by atoms with E-state index in [2.05, 4.69) is 37.4 Å². The van der Waals surface area contributed by atoms with E-state index >= 15 is 0 Å². The Morgan fingerprint density at radius 2 is 1.91 bits per heavy atom. The molecule has 1 amide bonds. The van der Waals surface area contributed by atoms with Gasteiger partial charge in [-0.1, -0.05) is 18.2 Å². The van der Waals surface area contributed by atoms with Gasteiger partial charge in [0.15, 0.2) is 0 Å². The Labute approximate surface area is 139 Å². The van der Waals surface area contributed by atoms with E-state index in [1.165, 1.54) is 11.1 Å². The predicted octanol–water partition coefficient (Wildman–Crippen LogP) is 2.66. The number of nitrogens with one attached hydrogen (secondary N) is 1. The summed E-state index contributed by atoms with van der Waals surface area (Å²) in [6.45, 7) is 7.58. The van der Waals surface area contributed by atoms with Gasteiger partial charge in [0.05, 0.1) is 12.1 Å². The third-order valence-corrected chi connectivity index (χ3v) is 4.47. The van der Waals surface area contributed by atoms with Gasteiger partial charge in [0.25, 0.3) is 0 Å². The van der Waals surface area contributed by atoms with Crippen LogP contribution in [0.2, 0.25) is 0 Å². The zero-order chi connectivity index (χ0) is 15.4. The van der Waals surface area contributed by atoms with Crippen LogP contribution in [0, 0.1) is 19.8 Å². The fourth-order valence-corrected chi connectivity index (χ4v) is 2.72. The molecule has 3 N–H and O–H groups in total. The molecule has 2 rings (SSSR count). The van der Waals surface area contributed by atoms with Crippen LogP contribution in [0.1, 0.15) is 42.5 Å². The smallest absolute Gasteiger partial charge is 0.237 e. The van der Waals surface area contributed by atoms with Gasteiger partial charge in [-0.05, 0) is 56.2 Å². The van der Waals surface area contributed by atoms with Gasteiger partial charge in [-0.25, -0.2) is 0 Å². The number of rotatable bonds is 4. The summed E-state index contributed by atoms with van der Waals surface area (Å²) in [5.74, 6) is 0.165. The van der Waals surface area contributed by atoms with Gasteiger partial charge in [0, 0.05) is 13.2 Å². The second-order valence-electron chi connectivity index (χ2n) is 6.05. The fourth-order valence-electron chi connectivity index (χ4n) is 2.72. The van der Waals surface area contributed by atoms with Crippen LogP contribution in [-0.4, -0.2) is 25.2 Å². The van der Waals surface area contributed by atoms with E-state index in [-0.39, 0.29) is 30.3 Å². The van der Waals surface area contributed by atoms with E-state index in [4.69, 9.17) is 10.5 Å². The summed E-state index contributed by atoms with van der Waals surface area (Å²) in [6, 6.07) is 5.81. The first kappa shape index (κ1) is 18.9. The largest absolute Gasteiger partial charge is 0.381 e. The Kier molecular flexibility index (Phi) is 7.33. The topological polar surface area (TPSA) is 64.4 Å². The second-order valence-corrected chi connectivity index (χ2v) is 6.05. The zero-order valence-corrected chi connectivity index (χ0v) is 14.4. The van der Waals surface area contributed by atoms with E-state index in [1.807, 2.05) is 6.92 Å². The number of benzene rings is 1. The van der Waals surface area contributed by atoms with E-state index in [0.29, 0.717) is 13.2 Å². The Balaban J connectivity index is 0.00000242. The number of amides is 1. The van der Waals surface area contributed by atoms with E-state index in [0.717, 1.165) is 18.4 Å². The average molecular weight is 327 g/mol. The first-order chi connectivity index (χ1) is 9.99. The molecule has 1 saturated heterocycles. The van der Waals surface area contributed by atoms with Gasteiger partial charge in [0.2, 0.25) is 5.91 Å². The average Bonchev–Trinajstić information content (AvgIpc) is 2.50. The standard InChI is InChI=1S/C17H26N2O2.ClH/c1-11-4-5-15(10-12(11)2)13(3)19-17(20)16(18)14-6-8-21-9-7-14;/h4-5,10,13-14,16H,6-9,18H2,1-3H3,(H,19,20);1H. The molecule has 4 nitrogen and oxygen atoms in total. The molecule has 1 aromatic rings. The van der Waals surface area contributed by atoms with Crippen molar-refractivity contribution in [3.8, 4) is 0 Å². The van der Waals surface area contributed by atoms with Crippen LogP contribution in [0.4, 0.5) is 0 Å². The van der Waals surface area contributed by atoms with Crippen molar-refractivity contribution < 1.29 is 9.53 Å². The van der Waals surface area contributed by atoms with E-state index < -0.39 is 6.04 Å². The molecule has 1 fully saturated rings. The summed E-state index contributed by atoms with van der Waals surface area (Å²) in [7, 11) is 0. The number of ether oxygens (including phenoxy) is 1. The summed E-state index contributed by atoms with van der Waals surface area (Å²) in [4.78, 5) is 12.3. The minimum atomic E-state index is -0.442. The molecular formula is C17H27ClN2O2. The minimum absolute atomic E-state index is 0. The number of hydrogen-bond acceptors (Lipinski definition) is 3. The lowest BCUT2D eigenvalue weighted by Crippen LogP contribution is -2.47. The summed E-state index contributed by atoms with van der Waals surface area (Å²) < 4.78 is 5.32. The number of nitrogens with two attached hydrogens (primary N) is 1. The van der Waals surface area contributed by atoms with Crippen molar-refractivity contribution in [2.24, 2.45) is 11.7 Å². The highest BCUT2D eigenvalue weighted by Crippen LogP contribution is 2.20. The lowest BCUT2D eigenvalue weighted by Gasteiger charge is -2.28.